The summed E-state index contributed by atoms with van der Waals surface area (Å²) in [7, 11) is 1.65. The summed E-state index contributed by atoms with van der Waals surface area (Å²) in [6.07, 6.45) is 2.90. The molecule has 1 atom stereocenters. The molecule has 80 valence electrons. The molecule has 1 aliphatic carbocycles. The predicted molar refractivity (Wildman–Crippen MR) is 57.9 cm³/mol. The molecule has 0 heterocycles. The Hall–Kier alpha value is -1.51. The topological polar surface area (TPSA) is 52.3 Å². The first kappa shape index (κ1) is 10.0. The molecular formula is C12H15NO2. The van der Waals surface area contributed by atoms with E-state index in [1.54, 1.807) is 7.11 Å². The second-order valence-electron chi connectivity index (χ2n) is 3.91. The van der Waals surface area contributed by atoms with Crippen molar-refractivity contribution in [3.8, 4) is 5.75 Å². The maximum absolute atomic E-state index is 11.3. The third-order valence-corrected chi connectivity index (χ3v) is 3.01. The Morgan fingerprint density at radius 2 is 2.33 bits per heavy atom. The van der Waals surface area contributed by atoms with E-state index in [4.69, 9.17) is 10.5 Å². The summed E-state index contributed by atoms with van der Waals surface area (Å²) in [6, 6.07) is 5.85. The van der Waals surface area contributed by atoms with Crippen LogP contribution in [0.5, 0.6) is 5.75 Å². The summed E-state index contributed by atoms with van der Waals surface area (Å²) in [6.45, 7) is 0. The van der Waals surface area contributed by atoms with Crippen LogP contribution in [0.15, 0.2) is 18.2 Å². The van der Waals surface area contributed by atoms with Crippen LogP contribution < -0.4 is 10.5 Å². The van der Waals surface area contributed by atoms with Crippen molar-refractivity contribution in [2.45, 2.75) is 25.2 Å². The number of aryl methyl sites for hydroxylation is 1. The van der Waals surface area contributed by atoms with Crippen LogP contribution in [-0.4, -0.2) is 13.0 Å². The first-order valence-corrected chi connectivity index (χ1v) is 5.18. The van der Waals surface area contributed by atoms with Gasteiger partial charge < -0.3 is 10.5 Å². The van der Waals surface area contributed by atoms with Crippen LogP contribution in [-0.2, 0) is 11.2 Å². The third kappa shape index (κ3) is 1.82. The van der Waals surface area contributed by atoms with Crippen molar-refractivity contribution in [3.63, 3.8) is 0 Å². The van der Waals surface area contributed by atoms with E-state index in [0.29, 0.717) is 0 Å². The van der Waals surface area contributed by atoms with Crippen LogP contribution in [0.3, 0.4) is 0 Å². The first-order chi connectivity index (χ1) is 7.22. The Labute approximate surface area is 89.2 Å². The lowest BCUT2D eigenvalue weighted by atomic mass is 9.82. The Balaban J connectivity index is 2.40. The average Bonchev–Trinajstić information content (AvgIpc) is 2.27. The van der Waals surface area contributed by atoms with E-state index in [9.17, 15) is 4.79 Å². The van der Waals surface area contributed by atoms with Gasteiger partial charge in [0.25, 0.3) is 0 Å². The van der Waals surface area contributed by atoms with Gasteiger partial charge in [-0.25, -0.2) is 0 Å². The number of hydrogen-bond acceptors (Lipinski definition) is 2. The summed E-state index contributed by atoms with van der Waals surface area (Å²) in [4.78, 5) is 11.3. The molecule has 1 unspecified atom stereocenters. The zero-order chi connectivity index (χ0) is 10.8. The summed E-state index contributed by atoms with van der Waals surface area (Å²) >= 11 is 0. The number of methoxy groups -OCH3 is 1. The van der Waals surface area contributed by atoms with Gasteiger partial charge in [0.1, 0.15) is 5.75 Å². The van der Waals surface area contributed by atoms with E-state index in [-0.39, 0.29) is 11.8 Å². The van der Waals surface area contributed by atoms with E-state index >= 15 is 0 Å². The van der Waals surface area contributed by atoms with Gasteiger partial charge in [-0.2, -0.15) is 0 Å². The van der Waals surface area contributed by atoms with Gasteiger partial charge >= 0.3 is 0 Å². The van der Waals surface area contributed by atoms with Gasteiger partial charge in [0.15, 0.2) is 0 Å². The quantitative estimate of drug-likeness (QED) is 0.797. The highest BCUT2D eigenvalue weighted by Crippen LogP contribution is 2.33. The Morgan fingerprint density at radius 3 is 3.00 bits per heavy atom. The molecule has 3 nitrogen and oxygen atoms in total. The minimum Gasteiger partial charge on any atom is -0.497 e. The Bertz CT molecular complexity index is 387. The molecule has 0 spiro atoms. The number of ether oxygens (including phenoxy) is 1. The van der Waals surface area contributed by atoms with Gasteiger partial charge in [-0.1, -0.05) is 6.07 Å². The molecule has 0 saturated heterocycles. The van der Waals surface area contributed by atoms with Crippen LogP contribution in [0.2, 0.25) is 0 Å². The van der Waals surface area contributed by atoms with E-state index in [2.05, 4.69) is 0 Å². The molecule has 1 aromatic carbocycles. The van der Waals surface area contributed by atoms with Crippen LogP contribution in [0, 0.1) is 0 Å². The van der Waals surface area contributed by atoms with Crippen LogP contribution in [0.1, 0.15) is 29.9 Å². The molecule has 0 bridgehead atoms. The van der Waals surface area contributed by atoms with E-state index in [1.807, 2.05) is 18.2 Å². The van der Waals surface area contributed by atoms with Gasteiger partial charge in [-0.05, 0) is 42.5 Å². The Morgan fingerprint density at radius 1 is 1.53 bits per heavy atom. The maximum atomic E-state index is 11.3. The SMILES string of the molecule is COc1ccc2c(c1)CCCC2C(N)=O. The summed E-state index contributed by atoms with van der Waals surface area (Å²) in [5.41, 5.74) is 7.66. The molecule has 1 amide bonds. The fraction of sp³-hybridized carbons (Fsp3) is 0.417. The molecule has 0 aromatic heterocycles. The van der Waals surface area contributed by atoms with Crippen molar-refractivity contribution in [1.82, 2.24) is 0 Å². The predicted octanol–water partition coefficient (Wildman–Crippen LogP) is 1.60. The molecule has 0 saturated carbocycles. The number of fused-ring (bicyclic) bond motifs is 1. The van der Waals surface area contributed by atoms with E-state index < -0.39 is 0 Å². The largest absolute Gasteiger partial charge is 0.497 e. The highest BCUT2D eigenvalue weighted by atomic mass is 16.5. The minimum absolute atomic E-state index is 0.111. The standard InChI is InChI=1S/C12H15NO2/c1-15-9-5-6-10-8(7-9)3-2-4-11(10)12(13)14/h5-7,11H,2-4H2,1H3,(H2,13,14). The van der Waals surface area contributed by atoms with Gasteiger partial charge in [0.2, 0.25) is 5.91 Å². The summed E-state index contributed by atoms with van der Waals surface area (Å²) in [5, 5.41) is 0. The molecule has 2 rings (SSSR count). The second kappa shape index (κ2) is 3.93. The van der Waals surface area contributed by atoms with Crippen molar-refractivity contribution in [2.75, 3.05) is 7.11 Å². The summed E-state index contributed by atoms with van der Waals surface area (Å²) in [5.74, 6) is 0.514. The number of hydrogen-bond donors (Lipinski definition) is 1. The lowest BCUT2D eigenvalue weighted by molar-refractivity contribution is -0.119. The van der Waals surface area contributed by atoms with Crippen molar-refractivity contribution in [1.29, 1.82) is 0 Å². The van der Waals surface area contributed by atoms with Gasteiger partial charge in [-0.3, -0.25) is 4.79 Å². The number of primary amides is 1. The molecule has 1 aromatic rings. The van der Waals surface area contributed by atoms with Crippen molar-refractivity contribution >= 4 is 5.91 Å². The van der Waals surface area contributed by atoms with Crippen LogP contribution in [0.4, 0.5) is 0 Å². The van der Waals surface area contributed by atoms with Crippen LogP contribution >= 0.6 is 0 Å². The Kier molecular flexibility index (Phi) is 2.62. The van der Waals surface area contributed by atoms with E-state index in [0.717, 1.165) is 30.6 Å². The van der Waals surface area contributed by atoms with Gasteiger partial charge in [0, 0.05) is 0 Å². The molecule has 1 aliphatic rings. The summed E-state index contributed by atoms with van der Waals surface area (Å²) < 4.78 is 5.16. The average molecular weight is 205 g/mol. The molecule has 2 N–H and O–H groups in total. The zero-order valence-corrected chi connectivity index (χ0v) is 8.82. The normalized spacial score (nSPS) is 19.4. The van der Waals surface area contributed by atoms with Crippen molar-refractivity contribution < 1.29 is 9.53 Å². The lowest BCUT2D eigenvalue weighted by Crippen LogP contribution is -2.24. The first-order valence-electron chi connectivity index (χ1n) is 5.18. The number of carbonyl (C=O) groups is 1. The molecule has 3 heteroatoms. The number of rotatable bonds is 2. The lowest BCUT2D eigenvalue weighted by Gasteiger charge is -2.23. The third-order valence-electron chi connectivity index (χ3n) is 3.01. The minimum atomic E-state index is -0.221. The number of nitrogens with two attached hydrogens (primary N) is 1. The number of amides is 1. The highest BCUT2D eigenvalue weighted by molar-refractivity contribution is 5.82. The molecule has 15 heavy (non-hydrogen) atoms. The van der Waals surface area contributed by atoms with Crippen LogP contribution in [0.25, 0.3) is 0 Å². The molecule has 0 aliphatic heterocycles. The second-order valence-corrected chi connectivity index (χ2v) is 3.91. The van der Waals surface area contributed by atoms with Crippen molar-refractivity contribution in [3.05, 3.63) is 29.3 Å². The highest BCUT2D eigenvalue weighted by Gasteiger charge is 2.24. The van der Waals surface area contributed by atoms with Gasteiger partial charge in [-0.15, -0.1) is 0 Å². The smallest absolute Gasteiger partial charge is 0.224 e. The fourth-order valence-electron chi connectivity index (χ4n) is 2.21. The fourth-order valence-corrected chi connectivity index (χ4v) is 2.21. The van der Waals surface area contributed by atoms with Crippen molar-refractivity contribution in [2.24, 2.45) is 5.73 Å². The van der Waals surface area contributed by atoms with E-state index in [1.165, 1.54) is 5.56 Å². The number of carbonyl (C=O) groups excluding carboxylic acids is 1. The molecule has 0 fully saturated rings. The molecule has 0 radical (unpaired) electrons. The zero-order valence-electron chi connectivity index (χ0n) is 8.82. The maximum Gasteiger partial charge on any atom is 0.224 e. The van der Waals surface area contributed by atoms with Gasteiger partial charge in [0.05, 0.1) is 13.0 Å². The molecular weight excluding hydrogens is 190 g/mol. The number of benzene rings is 1. The monoisotopic (exact) mass is 205 g/mol.